The van der Waals surface area contributed by atoms with Gasteiger partial charge in [-0.3, -0.25) is 4.79 Å². The van der Waals surface area contributed by atoms with E-state index in [1.807, 2.05) is 26.0 Å². The van der Waals surface area contributed by atoms with Gasteiger partial charge in [-0.2, -0.15) is 0 Å². The van der Waals surface area contributed by atoms with Crippen LogP contribution in [-0.4, -0.2) is 25.2 Å². The molecule has 100 valence electrons. The van der Waals surface area contributed by atoms with Crippen molar-refractivity contribution < 1.29 is 14.6 Å². The summed E-state index contributed by atoms with van der Waals surface area (Å²) in [4.78, 5) is 11.2. The van der Waals surface area contributed by atoms with Crippen LogP contribution < -0.4 is 10.1 Å². The molecule has 2 N–H and O–H groups in total. The van der Waals surface area contributed by atoms with Gasteiger partial charge in [-0.25, -0.2) is 0 Å². The lowest BCUT2D eigenvalue weighted by Crippen LogP contribution is -2.18. The normalized spacial score (nSPS) is 12.1. The average Bonchev–Trinajstić information content (AvgIpc) is 2.37. The summed E-state index contributed by atoms with van der Waals surface area (Å²) in [6.07, 6.45) is 0.126. The molecule has 0 saturated carbocycles. The van der Waals surface area contributed by atoms with Crippen LogP contribution >= 0.6 is 0 Å². The van der Waals surface area contributed by atoms with Crippen LogP contribution in [0.1, 0.15) is 35.6 Å². The lowest BCUT2D eigenvalue weighted by molar-refractivity contribution is -0.121. The van der Waals surface area contributed by atoms with E-state index < -0.39 is 6.10 Å². The third kappa shape index (κ3) is 3.47. The van der Waals surface area contributed by atoms with Crippen LogP contribution in [0.2, 0.25) is 0 Å². The number of carbonyl (C=O) groups excluding carboxylic acids is 1. The summed E-state index contributed by atoms with van der Waals surface area (Å²) in [6.45, 7) is 3.87. The number of nitrogens with one attached hydrogen (secondary N) is 1. The Morgan fingerprint density at radius 2 is 2.06 bits per heavy atom. The van der Waals surface area contributed by atoms with E-state index in [4.69, 9.17) is 4.74 Å². The Bertz CT molecular complexity index is 429. The molecule has 0 aliphatic rings. The fourth-order valence-electron chi connectivity index (χ4n) is 1.94. The first-order valence-corrected chi connectivity index (χ1v) is 6.03. The molecule has 0 aliphatic heterocycles. The van der Waals surface area contributed by atoms with E-state index in [-0.39, 0.29) is 5.91 Å². The van der Waals surface area contributed by atoms with Gasteiger partial charge in [0.05, 0.1) is 13.2 Å². The Morgan fingerprint density at radius 1 is 1.39 bits per heavy atom. The SMILES string of the molecule is CNC(=O)CCC(O)c1cc(C)c(OC)cc1C. The van der Waals surface area contributed by atoms with Crippen molar-refractivity contribution in [2.75, 3.05) is 14.2 Å². The summed E-state index contributed by atoms with van der Waals surface area (Å²) in [5.74, 6) is 0.756. The Kier molecular flexibility index (Phi) is 5.16. The van der Waals surface area contributed by atoms with Crippen LogP contribution in [0.15, 0.2) is 12.1 Å². The molecular weight excluding hydrogens is 230 g/mol. The third-order valence-corrected chi connectivity index (χ3v) is 3.07. The molecule has 4 nitrogen and oxygen atoms in total. The Hall–Kier alpha value is -1.55. The number of rotatable bonds is 5. The highest BCUT2D eigenvalue weighted by atomic mass is 16.5. The Balaban J connectivity index is 2.82. The van der Waals surface area contributed by atoms with Crippen molar-refractivity contribution in [3.8, 4) is 5.75 Å². The molecular formula is C14H21NO3. The van der Waals surface area contributed by atoms with E-state index in [9.17, 15) is 9.90 Å². The standard InChI is InChI=1S/C14H21NO3/c1-9-8-13(18-4)10(2)7-11(9)12(16)5-6-14(17)15-3/h7-8,12,16H,5-6H2,1-4H3,(H,15,17). The van der Waals surface area contributed by atoms with E-state index in [1.54, 1.807) is 14.2 Å². The van der Waals surface area contributed by atoms with E-state index >= 15 is 0 Å². The van der Waals surface area contributed by atoms with E-state index in [2.05, 4.69) is 5.32 Å². The summed E-state index contributed by atoms with van der Waals surface area (Å²) in [5, 5.41) is 12.7. The first-order valence-electron chi connectivity index (χ1n) is 6.03. The zero-order valence-electron chi connectivity index (χ0n) is 11.4. The van der Waals surface area contributed by atoms with Gasteiger partial charge in [0.15, 0.2) is 0 Å². The van der Waals surface area contributed by atoms with Gasteiger partial charge in [-0.1, -0.05) is 0 Å². The zero-order chi connectivity index (χ0) is 13.7. The lowest BCUT2D eigenvalue weighted by atomic mass is 9.97. The first-order chi connectivity index (χ1) is 8.49. The quantitative estimate of drug-likeness (QED) is 0.840. The number of hydrogen-bond donors (Lipinski definition) is 2. The maximum atomic E-state index is 11.2. The van der Waals surface area contributed by atoms with Crippen molar-refractivity contribution in [3.63, 3.8) is 0 Å². The molecule has 0 aromatic heterocycles. The van der Waals surface area contributed by atoms with Crippen LogP contribution in [0, 0.1) is 13.8 Å². The molecule has 0 spiro atoms. The number of aliphatic hydroxyl groups is 1. The van der Waals surface area contributed by atoms with Gasteiger partial charge in [0, 0.05) is 13.5 Å². The fraction of sp³-hybridized carbons (Fsp3) is 0.500. The molecule has 0 bridgehead atoms. The highest BCUT2D eigenvalue weighted by molar-refractivity contribution is 5.75. The number of aryl methyl sites for hydroxylation is 2. The van der Waals surface area contributed by atoms with Crippen LogP contribution in [0.4, 0.5) is 0 Å². The molecule has 1 amide bonds. The monoisotopic (exact) mass is 251 g/mol. The van der Waals surface area contributed by atoms with Gasteiger partial charge in [0.25, 0.3) is 0 Å². The lowest BCUT2D eigenvalue weighted by Gasteiger charge is -2.16. The summed E-state index contributed by atoms with van der Waals surface area (Å²) in [6, 6.07) is 3.83. The van der Waals surface area contributed by atoms with E-state index in [1.165, 1.54) is 0 Å². The van der Waals surface area contributed by atoms with Gasteiger partial charge in [0.1, 0.15) is 5.75 Å². The zero-order valence-corrected chi connectivity index (χ0v) is 11.4. The van der Waals surface area contributed by atoms with Crippen LogP contribution in [0.3, 0.4) is 0 Å². The van der Waals surface area contributed by atoms with Crippen molar-refractivity contribution in [1.82, 2.24) is 5.32 Å². The number of ether oxygens (including phenoxy) is 1. The van der Waals surface area contributed by atoms with Gasteiger partial charge in [-0.15, -0.1) is 0 Å². The number of methoxy groups -OCH3 is 1. The van der Waals surface area contributed by atoms with Crippen molar-refractivity contribution in [2.45, 2.75) is 32.8 Å². The van der Waals surface area contributed by atoms with Crippen LogP contribution in [-0.2, 0) is 4.79 Å². The maximum absolute atomic E-state index is 11.2. The second-order valence-electron chi connectivity index (χ2n) is 4.41. The molecule has 1 rings (SSSR count). The number of carbonyl (C=O) groups is 1. The number of hydrogen-bond acceptors (Lipinski definition) is 3. The Morgan fingerprint density at radius 3 is 2.61 bits per heavy atom. The number of aliphatic hydroxyl groups excluding tert-OH is 1. The predicted molar refractivity (Wildman–Crippen MR) is 70.7 cm³/mol. The second-order valence-corrected chi connectivity index (χ2v) is 4.41. The highest BCUT2D eigenvalue weighted by Crippen LogP contribution is 2.28. The van der Waals surface area contributed by atoms with Crippen molar-refractivity contribution in [3.05, 3.63) is 28.8 Å². The van der Waals surface area contributed by atoms with Gasteiger partial charge >= 0.3 is 0 Å². The maximum Gasteiger partial charge on any atom is 0.219 e. The summed E-state index contributed by atoms with van der Waals surface area (Å²) in [5.41, 5.74) is 2.82. The molecule has 1 aromatic rings. The first kappa shape index (κ1) is 14.5. The van der Waals surface area contributed by atoms with Gasteiger partial charge in [-0.05, 0) is 49.1 Å². The molecule has 4 heteroatoms. The van der Waals surface area contributed by atoms with Crippen molar-refractivity contribution in [1.29, 1.82) is 0 Å². The summed E-state index contributed by atoms with van der Waals surface area (Å²) < 4.78 is 5.23. The minimum atomic E-state index is -0.619. The molecule has 0 aliphatic carbocycles. The third-order valence-electron chi connectivity index (χ3n) is 3.07. The number of benzene rings is 1. The largest absolute Gasteiger partial charge is 0.496 e. The molecule has 0 heterocycles. The van der Waals surface area contributed by atoms with E-state index in [0.717, 1.165) is 22.4 Å². The van der Waals surface area contributed by atoms with Crippen molar-refractivity contribution >= 4 is 5.91 Å². The molecule has 1 unspecified atom stereocenters. The summed E-state index contributed by atoms with van der Waals surface area (Å²) >= 11 is 0. The highest BCUT2D eigenvalue weighted by Gasteiger charge is 2.14. The average molecular weight is 251 g/mol. The predicted octanol–water partition coefficient (Wildman–Crippen LogP) is 1.87. The minimum absolute atomic E-state index is 0.0584. The van der Waals surface area contributed by atoms with Crippen LogP contribution in [0.5, 0.6) is 5.75 Å². The smallest absolute Gasteiger partial charge is 0.219 e. The molecule has 1 aromatic carbocycles. The topological polar surface area (TPSA) is 58.6 Å². The fourth-order valence-corrected chi connectivity index (χ4v) is 1.94. The van der Waals surface area contributed by atoms with Gasteiger partial charge in [0.2, 0.25) is 5.91 Å². The Labute approximate surface area is 108 Å². The molecule has 0 radical (unpaired) electrons. The van der Waals surface area contributed by atoms with Crippen molar-refractivity contribution in [2.24, 2.45) is 0 Å². The molecule has 18 heavy (non-hydrogen) atoms. The molecule has 0 fully saturated rings. The minimum Gasteiger partial charge on any atom is -0.496 e. The van der Waals surface area contributed by atoms with E-state index in [0.29, 0.717) is 12.8 Å². The van der Waals surface area contributed by atoms with Crippen LogP contribution in [0.25, 0.3) is 0 Å². The number of amides is 1. The molecule has 0 saturated heterocycles. The summed E-state index contributed by atoms with van der Waals surface area (Å²) in [7, 11) is 3.22. The second kappa shape index (κ2) is 6.40. The van der Waals surface area contributed by atoms with Gasteiger partial charge < -0.3 is 15.2 Å². The molecule has 1 atom stereocenters.